The van der Waals surface area contributed by atoms with Crippen LogP contribution in [0.1, 0.15) is 21.6 Å². The van der Waals surface area contributed by atoms with Crippen molar-refractivity contribution in [2.24, 2.45) is 7.05 Å². The van der Waals surface area contributed by atoms with E-state index in [4.69, 9.17) is 11.6 Å². The van der Waals surface area contributed by atoms with Gasteiger partial charge in [0.15, 0.2) is 0 Å². The molecule has 0 fully saturated rings. The molecule has 1 aliphatic rings. The molecule has 0 unspecified atom stereocenters. The molecule has 0 saturated heterocycles. The number of benzene rings is 1. The standard InChI is InChI=1S/C20H18ClN5O/c1-24-19(25-7-2-3-8-25)15(11-22-24)20(27)26-9-6-18-16(12-26)14-10-13(21)4-5-17(14)23-18/h2-5,7-8,10-11,23H,6,9,12H2,1H3. The highest BCUT2D eigenvalue weighted by Crippen LogP contribution is 2.30. The van der Waals surface area contributed by atoms with Gasteiger partial charge in [0.1, 0.15) is 11.4 Å². The average Bonchev–Trinajstić information content (AvgIpc) is 3.38. The molecule has 1 amide bonds. The molecule has 4 heterocycles. The number of hydrogen-bond acceptors (Lipinski definition) is 2. The van der Waals surface area contributed by atoms with Crippen molar-refractivity contribution in [3.63, 3.8) is 0 Å². The van der Waals surface area contributed by atoms with Crippen LogP contribution in [0.3, 0.4) is 0 Å². The van der Waals surface area contributed by atoms with Crippen molar-refractivity contribution in [1.82, 2.24) is 24.2 Å². The van der Waals surface area contributed by atoms with Crippen LogP contribution >= 0.6 is 11.6 Å². The SMILES string of the molecule is Cn1ncc(C(=O)N2CCc3[nH]c4ccc(Cl)cc4c3C2)c1-n1cccc1. The summed E-state index contributed by atoms with van der Waals surface area (Å²) < 4.78 is 3.65. The van der Waals surface area contributed by atoms with Gasteiger partial charge < -0.3 is 14.5 Å². The molecule has 27 heavy (non-hydrogen) atoms. The second kappa shape index (κ2) is 6.03. The van der Waals surface area contributed by atoms with Gasteiger partial charge in [-0.2, -0.15) is 5.10 Å². The first-order valence-electron chi connectivity index (χ1n) is 8.85. The van der Waals surface area contributed by atoms with Crippen LogP contribution in [-0.4, -0.2) is 36.7 Å². The normalized spacial score (nSPS) is 13.9. The summed E-state index contributed by atoms with van der Waals surface area (Å²) in [5.41, 5.74) is 4.01. The molecule has 0 radical (unpaired) electrons. The predicted molar refractivity (Wildman–Crippen MR) is 104 cm³/mol. The molecule has 1 aromatic carbocycles. The topological polar surface area (TPSA) is 58.9 Å². The highest BCUT2D eigenvalue weighted by Gasteiger charge is 2.28. The molecule has 6 nitrogen and oxygen atoms in total. The van der Waals surface area contributed by atoms with Crippen molar-refractivity contribution in [3.05, 3.63) is 70.8 Å². The number of rotatable bonds is 2. The minimum Gasteiger partial charge on any atom is -0.358 e. The average molecular weight is 380 g/mol. The Bertz CT molecular complexity index is 1150. The molecule has 0 aliphatic carbocycles. The second-order valence-electron chi connectivity index (χ2n) is 6.84. The maximum atomic E-state index is 13.3. The van der Waals surface area contributed by atoms with E-state index in [1.165, 1.54) is 5.69 Å². The number of aromatic amines is 1. The van der Waals surface area contributed by atoms with Gasteiger partial charge >= 0.3 is 0 Å². The van der Waals surface area contributed by atoms with Crippen LogP contribution < -0.4 is 0 Å². The number of hydrogen-bond donors (Lipinski definition) is 1. The molecule has 7 heteroatoms. The summed E-state index contributed by atoms with van der Waals surface area (Å²) in [6, 6.07) is 9.71. The van der Waals surface area contributed by atoms with Gasteiger partial charge in [-0.1, -0.05) is 11.6 Å². The zero-order valence-corrected chi connectivity index (χ0v) is 15.6. The van der Waals surface area contributed by atoms with E-state index < -0.39 is 0 Å². The van der Waals surface area contributed by atoms with Crippen molar-refractivity contribution in [2.45, 2.75) is 13.0 Å². The lowest BCUT2D eigenvalue weighted by Crippen LogP contribution is -2.36. The number of aromatic nitrogens is 4. The molecule has 1 N–H and O–H groups in total. The van der Waals surface area contributed by atoms with Gasteiger partial charge in [-0.15, -0.1) is 0 Å². The van der Waals surface area contributed by atoms with Crippen molar-refractivity contribution in [2.75, 3.05) is 6.54 Å². The predicted octanol–water partition coefficient (Wildman–Crippen LogP) is 3.54. The molecule has 1 aliphatic heterocycles. The Kier molecular flexibility index (Phi) is 3.62. The smallest absolute Gasteiger partial charge is 0.259 e. The molecule has 136 valence electrons. The van der Waals surface area contributed by atoms with E-state index in [1.807, 2.05) is 59.2 Å². The molecule has 4 aromatic rings. The number of aryl methyl sites for hydroxylation is 1. The van der Waals surface area contributed by atoms with Crippen LogP contribution in [0.15, 0.2) is 48.9 Å². The Labute approximate surface area is 161 Å². The highest BCUT2D eigenvalue weighted by atomic mass is 35.5. The number of nitrogens with one attached hydrogen (secondary N) is 1. The number of amides is 1. The molecule has 0 spiro atoms. The first kappa shape index (κ1) is 16.2. The summed E-state index contributed by atoms with van der Waals surface area (Å²) >= 11 is 6.19. The van der Waals surface area contributed by atoms with Gasteiger partial charge in [0.2, 0.25) is 0 Å². The third-order valence-corrected chi connectivity index (χ3v) is 5.45. The first-order valence-corrected chi connectivity index (χ1v) is 9.23. The summed E-state index contributed by atoms with van der Waals surface area (Å²) in [4.78, 5) is 18.6. The monoisotopic (exact) mass is 379 g/mol. The fourth-order valence-corrected chi connectivity index (χ4v) is 4.07. The van der Waals surface area contributed by atoms with Gasteiger partial charge in [-0.05, 0) is 30.3 Å². The summed E-state index contributed by atoms with van der Waals surface area (Å²) in [6.07, 6.45) is 6.29. The maximum Gasteiger partial charge on any atom is 0.259 e. The maximum absolute atomic E-state index is 13.3. The largest absolute Gasteiger partial charge is 0.358 e. The summed E-state index contributed by atoms with van der Waals surface area (Å²) in [7, 11) is 1.85. The van der Waals surface area contributed by atoms with E-state index in [0.717, 1.165) is 28.7 Å². The number of fused-ring (bicyclic) bond motifs is 3. The minimum atomic E-state index is -0.00571. The van der Waals surface area contributed by atoms with Crippen LogP contribution in [0.2, 0.25) is 5.02 Å². The Balaban J connectivity index is 1.52. The number of halogens is 1. The molecule has 0 saturated carbocycles. The van der Waals surface area contributed by atoms with E-state index in [2.05, 4.69) is 10.1 Å². The van der Waals surface area contributed by atoms with Crippen LogP contribution in [0.4, 0.5) is 0 Å². The van der Waals surface area contributed by atoms with E-state index in [1.54, 1.807) is 10.9 Å². The van der Waals surface area contributed by atoms with Crippen molar-refractivity contribution in [3.8, 4) is 5.82 Å². The third-order valence-electron chi connectivity index (χ3n) is 5.21. The molecule has 3 aromatic heterocycles. The van der Waals surface area contributed by atoms with Gasteiger partial charge in [0.05, 0.1) is 6.20 Å². The first-order chi connectivity index (χ1) is 13.1. The quantitative estimate of drug-likeness (QED) is 0.579. The van der Waals surface area contributed by atoms with Crippen LogP contribution in [0.25, 0.3) is 16.7 Å². The Hall–Kier alpha value is -2.99. The zero-order valence-electron chi connectivity index (χ0n) is 14.8. The lowest BCUT2D eigenvalue weighted by atomic mass is 10.0. The number of carbonyl (C=O) groups is 1. The highest BCUT2D eigenvalue weighted by molar-refractivity contribution is 6.31. The van der Waals surface area contributed by atoms with Gasteiger partial charge in [0, 0.05) is 66.1 Å². The Morgan fingerprint density at radius 2 is 2.07 bits per heavy atom. The molecule has 0 bridgehead atoms. The van der Waals surface area contributed by atoms with Crippen molar-refractivity contribution in [1.29, 1.82) is 0 Å². The third kappa shape index (κ3) is 2.56. The minimum absolute atomic E-state index is 0.00571. The molecule has 5 rings (SSSR count). The summed E-state index contributed by atoms with van der Waals surface area (Å²) in [5.74, 6) is 0.770. The number of H-pyrrole nitrogens is 1. The molecule has 0 atom stereocenters. The van der Waals surface area contributed by atoms with Gasteiger partial charge in [0.25, 0.3) is 5.91 Å². The van der Waals surface area contributed by atoms with Gasteiger partial charge in [-0.3, -0.25) is 9.48 Å². The molecular weight excluding hydrogens is 362 g/mol. The molecular formula is C20H18ClN5O. The van der Waals surface area contributed by atoms with Crippen LogP contribution in [-0.2, 0) is 20.0 Å². The van der Waals surface area contributed by atoms with Gasteiger partial charge in [-0.25, -0.2) is 0 Å². The van der Waals surface area contributed by atoms with E-state index >= 15 is 0 Å². The Morgan fingerprint density at radius 3 is 2.89 bits per heavy atom. The summed E-state index contributed by atoms with van der Waals surface area (Å²) in [5, 5.41) is 6.10. The number of nitrogens with zero attached hydrogens (tertiary/aromatic N) is 4. The second-order valence-corrected chi connectivity index (χ2v) is 7.28. The van der Waals surface area contributed by atoms with E-state index in [0.29, 0.717) is 23.7 Å². The van der Waals surface area contributed by atoms with Crippen LogP contribution in [0.5, 0.6) is 0 Å². The fraction of sp³-hybridized carbons (Fsp3) is 0.200. The Morgan fingerprint density at radius 1 is 1.26 bits per heavy atom. The summed E-state index contributed by atoms with van der Waals surface area (Å²) in [6.45, 7) is 1.24. The fourth-order valence-electron chi connectivity index (χ4n) is 3.89. The van der Waals surface area contributed by atoms with Crippen LogP contribution in [0, 0.1) is 0 Å². The lowest BCUT2D eigenvalue weighted by molar-refractivity contribution is 0.0735. The van der Waals surface area contributed by atoms with E-state index in [-0.39, 0.29) is 5.91 Å². The number of carbonyl (C=O) groups excluding carboxylic acids is 1. The lowest BCUT2D eigenvalue weighted by Gasteiger charge is -2.27. The van der Waals surface area contributed by atoms with Crippen molar-refractivity contribution < 1.29 is 4.79 Å². The van der Waals surface area contributed by atoms with E-state index in [9.17, 15) is 4.79 Å². The van der Waals surface area contributed by atoms with Crippen molar-refractivity contribution >= 4 is 28.4 Å². The zero-order chi connectivity index (χ0) is 18.5.